The molecule has 1 amide bonds. The Bertz CT molecular complexity index is 1420. The van der Waals surface area contributed by atoms with Crippen LogP contribution in [-0.2, 0) is 4.74 Å². The molecule has 4 aromatic rings. The maximum atomic E-state index is 13.5. The molecular weight excluding hydrogens is 470 g/mol. The van der Waals surface area contributed by atoms with E-state index in [4.69, 9.17) is 14.2 Å². The SMILES string of the molecule is COc1cc(-n2cnc3cc(-c4c[nH]nc4C)ccc32)cc(OC)c1C(=O)N1CC(C2CCOCC2)C1. The van der Waals surface area contributed by atoms with Gasteiger partial charge in [-0.25, -0.2) is 4.98 Å². The van der Waals surface area contributed by atoms with E-state index in [1.54, 1.807) is 20.5 Å². The van der Waals surface area contributed by atoms with E-state index in [1.807, 2.05) is 40.8 Å². The number of methoxy groups -OCH3 is 2. The maximum Gasteiger partial charge on any atom is 0.261 e. The monoisotopic (exact) mass is 501 g/mol. The lowest BCUT2D eigenvalue weighted by Gasteiger charge is -2.44. The maximum absolute atomic E-state index is 13.5. The average molecular weight is 502 g/mol. The largest absolute Gasteiger partial charge is 0.496 e. The number of likely N-dealkylation sites (tertiary alicyclic amines) is 1. The molecular formula is C28H31N5O4. The first kappa shape index (κ1) is 23.5. The summed E-state index contributed by atoms with van der Waals surface area (Å²) in [5, 5.41) is 7.13. The Morgan fingerprint density at radius 2 is 1.78 bits per heavy atom. The number of amides is 1. The van der Waals surface area contributed by atoms with E-state index in [1.165, 1.54) is 0 Å². The zero-order valence-corrected chi connectivity index (χ0v) is 21.4. The van der Waals surface area contributed by atoms with Crippen LogP contribution in [-0.4, -0.2) is 71.1 Å². The second-order valence-corrected chi connectivity index (χ2v) is 9.85. The number of hydrogen-bond acceptors (Lipinski definition) is 6. The molecule has 4 heterocycles. The summed E-state index contributed by atoms with van der Waals surface area (Å²) in [6.45, 7) is 5.16. The molecule has 37 heavy (non-hydrogen) atoms. The van der Waals surface area contributed by atoms with Crippen LogP contribution >= 0.6 is 0 Å². The third-order valence-corrected chi connectivity index (χ3v) is 7.80. The van der Waals surface area contributed by atoms with Crippen LogP contribution < -0.4 is 9.47 Å². The van der Waals surface area contributed by atoms with Gasteiger partial charge in [0.2, 0.25) is 0 Å². The van der Waals surface area contributed by atoms with Gasteiger partial charge in [-0.2, -0.15) is 5.10 Å². The van der Waals surface area contributed by atoms with Crippen LogP contribution in [0, 0.1) is 18.8 Å². The number of hydrogen-bond donors (Lipinski definition) is 1. The molecule has 2 aliphatic heterocycles. The highest BCUT2D eigenvalue weighted by Gasteiger charge is 2.38. The Morgan fingerprint density at radius 3 is 2.43 bits per heavy atom. The van der Waals surface area contributed by atoms with Gasteiger partial charge in [-0.05, 0) is 49.3 Å². The number of carbonyl (C=O) groups is 1. The minimum absolute atomic E-state index is 0.0563. The van der Waals surface area contributed by atoms with E-state index in [-0.39, 0.29) is 5.91 Å². The van der Waals surface area contributed by atoms with Gasteiger partial charge in [0, 0.05) is 50.2 Å². The van der Waals surface area contributed by atoms with Crippen molar-refractivity contribution in [2.75, 3.05) is 40.5 Å². The number of aryl methyl sites for hydroxylation is 1. The number of nitrogens with zero attached hydrogens (tertiary/aromatic N) is 4. The van der Waals surface area contributed by atoms with Crippen molar-refractivity contribution >= 4 is 16.9 Å². The highest BCUT2D eigenvalue weighted by molar-refractivity contribution is 6.00. The fourth-order valence-corrected chi connectivity index (χ4v) is 5.61. The molecule has 2 aromatic heterocycles. The second-order valence-electron chi connectivity index (χ2n) is 9.85. The van der Waals surface area contributed by atoms with E-state index in [0.717, 1.165) is 72.7 Å². The standard InChI is InChI=1S/C28H31N5O4/c1-17-22(13-30-31-17)19-4-5-24-23(10-19)29-16-33(24)21-11-25(35-2)27(26(12-21)36-3)28(34)32-14-20(15-32)18-6-8-37-9-7-18/h4-5,10-13,16,18,20H,6-9,14-15H2,1-3H3,(H,30,31). The normalized spacial score (nSPS) is 16.7. The van der Waals surface area contributed by atoms with Crippen LogP contribution in [0.3, 0.4) is 0 Å². The summed E-state index contributed by atoms with van der Waals surface area (Å²) in [5.41, 5.74) is 6.10. The fourth-order valence-electron chi connectivity index (χ4n) is 5.61. The van der Waals surface area contributed by atoms with Crippen molar-refractivity contribution in [2.45, 2.75) is 19.8 Å². The van der Waals surface area contributed by atoms with Gasteiger partial charge in [0.1, 0.15) is 23.4 Å². The lowest BCUT2D eigenvalue weighted by Crippen LogP contribution is -2.53. The summed E-state index contributed by atoms with van der Waals surface area (Å²) in [5.74, 6) is 2.09. The third-order valence-electron chi connectivity index (χ3n) is 7.80. The highest BCUT2D eigenvalue weighted by atomic mass is 16.5. The molecule has 0 saturated carbocycles. The van der Waals surface area contributed by atoms with Crippen LogP contribution in [0.1, 0.15) is 28.9 Å². The van der Waals surface area contributed by atoms with Crippen LogP contribution in [0.15, 0.2) is 42.9 Å². The first-order valence-corrected chi connectivity index (χ1v) is 12.7. The summed E-state index contributed by atoms with van der Waals surface area (Å²) < 4.78 is 18.9. The average Bonchev–Trinajstić information content (AvgIpc) is 3.53. The van der Waals surface area contributed by atoms with Gasteiger partial charge in [0.25, 0.3) is 5.91 Å². The second kappa shape index (κ2) is 9.55. The van der Waals surface area contributed by atoms with Crippen molar-refractivity contribution in [1.82, 2.24) is 24.6 Å². The number of aromatic amines is 1. The summed E-state index contributed by atoms with van der Waals surface area (Å²) in [6, 6.07) is 9.90. The summed E-state index contributed by atoms with van der Waals surface area (Å²) >= 11 is 0. The Balaban J connectivity index is 1.29. The fraction of sp³-hybridized carbons (Fsp3) is 0.393. The van der Waals surface area contributed by atoms with Crippen LogP contribution in [0.25, 0.3) is 27.8 Å². The number of carbonyl (C=O) groups excluding carboxylic acids is 1. The molecule has 9 nitrogen and oxygen atoms in total. The van der Waals surface area contributed by atoms with Crippen molar-refractivity contribution < 1.29 is 19.0 Å². The minimum Gasteiger partial charge on any atom is -0.496 e. The Labute approximate surface area is 215 Å². The molecule has 0 radical (unpaired) electrons. The van der Waals surface area contributed by atoms with Gasteiger partial charge >= 0.3 is 0 Å². The molecule has 2 fully saturated rings. The predicted octanol–water partition coefficient (Wildman–Crippen LogP) is 4.24. The van der Waals surface area contributed by atoms with E-state index in [0.29, 0.717) is 28.9 Å². The number of ether oxygens (including phenoxy) is 3. The summed E-state index contributed by atoms with van der Waals surface area (Å²) in [7, 11) is 3.17. The van der Waals surface area contributed by atoms with Crippen LogP contribution in [0.5, 0.6) is 11.5 Å². The van der Waals surface area contributed by atoms with E-state index >= 15 is 0 Å². The predicted molar refractivity (Wildman–Crippen MR) is 139 cm³/mol. The van der Waals surface area contributed by atoms with Gasteiger partial charge in [-0.1, -0.05) is 6.07 Å². The van der Waals surface area contributed by atoms with Crippen LogP contribution in [0.4, 0.5) is 0 Å². The zero-order chi connectivity index (χ0) is 25.5. The van der Waals surface area contributed by atoms with Crippen molar-refractivity contribution in [1.29, 1.82) is 0 Å². The number of H-pyrrole nitrogens is 1. The molecule has 2 aromatic carbocycles. The Kier molecular flexibility index (Phi) is 6.08. The molecule has 0 spiro atoms. The Morgan fingerprint density at radius 1 is 1.05 bits per heavy atom. The number of rotatable bonds is 6. The molecule has 192 valence electrons. The lowest BCUT2D eigenvalue weighted by molar-refractivity contribution is -0.00285. The lowest BCUT2D eigenvalue weighted by atomic mass is 9.80. The summed E-state index contributed by atoms with van der Waals surface area (Å²) in [4.78, 5) is 20.0. The van der Waals surface area contributed by atoms with Crippen molar-refractivity contribution in [3.8, 4) is 28.3 Å². The number of nitrogens with one attached hydrogen (secondary N) is 1. The molecule has 9 heteroatoms. The molecule has 0 unspecified atom stereocenters. The molecule has 0 aliphatic carbocycles. The van der Waals surface area contributed by atoms with Gasteiger partial charge in [0.15, 0.2) is 0 Å². The number of fused-ring (bicyclic) bond motifs is 1. The molecule has 6 rings (SSSR count). The van der Waals surface area contributed by atoms with Gasteiger partial charge < -0.3 is 19.1 Å². The Hall–Kier alpha value is -3.85. The molecule has 0 atom stereocenters. The van der Waals surface area contributed by atoms with E-state index in [9.17, 15) is 4.79 Å². The van der Waals surface area contributed by atoms with Crippen molar-refractivity contribution in [3.05, 3.63) is 54.1 Å². The van der Waals surface area contributed by atoms with Gasteiger partial charge in [-0.15, -0.1) is 0 Å². The molecule has 2 aliphatic rings. The third kappa shape index (κ3) is 4.13. The molecule has 1 N–H and O–H groups in total. The van der Waals surface area contributed by atoms with Crippen LogP contribution in [0.2, 0.25) is 0 Å². The van der Waals surface area contributed by atoms with E-state index in [2.05, 4.69) is 27.3 Å². The molecule has 2 saturated heterocycles. The first-order valence-electron chi connectivity index (χ1n) is 12.7. The minimum atomic E-state index is -0.0563. The smallest absolute Gasteiger partial charge is 0.261 e. The number of imidazole rings is 1. The quantitative estimate of drug-likeness (QED) is 0.425. The topological polar surface area (TPSA) is 94.5 Å². The van der Waals surface area contributed by atoms with Gasteiger partial charge in [0.05, 0.1) is 36.6 Å². The number of aromatic nitrogens is 4. The van der Waals surface area contributed by atoms with Gasteiger partial charge in [-0.3, -0.25) is 14.5 Å². The number of benzene rings is 2. The van der Waals surface area contributed by atoms with E-state index < -0.39 is 0 Å². The first-order chi connectivity index (χ1) is 18.1. The highest BCUT2D eigenvalue weighted by Crippen LogP contribution is 2.38. The van der Waals surface area contributed by atoms with Crippen molar-refractivity contribution in [2.24, 2.45) is 11.8 Å². The van der Waals surface area contributed by atoms with Crippen molar-refractivity contribution in [3.63, 3.8) is 0 Å². The zero-order valence-electron chi connectivity index (χ0n) is 21.4. The molecule has 0 bridgehead atoms. The summed E-state index contributed by atoms with van der Waals surface area (Å²) in [6.07, 6.45) is 5.83.